The van der Waals surface area contributed by atoms with Crippen LogP contribution < -0.4 is 15.7 Å². The molecule has 2 saturated heterocycles. The molecule has 9 nitrogen and oxygen atoms in total. The van der Waals surface area contributed by atoms with Gasteiger partial charge in [-0.1, -0.05) is 24.3 Å². The maximum absolute atomic E-state index is 12.4. The second kappa shape index (κ2) is 9.14. The Morgan fingerprint density at radius 1 is 1.31 bits per heavy atom. The molecule has 3 N–H and O–H groups in total. The summed E-state index contributed by atoms with van der Waals surface area (Å²) in [6.45, 7) is 3.24. The van der Waals surface area contributed by atoms with Gasteiger partial charge in [-0.25, -0.2) is 19.0 Å². The Kier molecular flexibility index (Phi) is 6.47. The zero-order valence-electron chi connectivity index (χ0n) is 18.3. The number of carbonyl (C=O) groups is 1. The highest BCUT2D eigenvalue weighted by Gasteiger charge is 2.44. The number of amides is 1. The van der Waals surface area contributed by atoms with Crippen molar-refractivity contribution in [2.45, 2.75) is 25.2 Å². The molecule has 32 heavy (non-hydrogen) atoms. The van der Waals surface area contributed by atoms with E-state index in [4.69, 9.17) is 4.84 Å². The number of rotatable bonds is 5. The zero-order chi connectivity index (χ0) is 22.8. The monoisotopic (exact) mass is 459 g/mol. The van der Waals surface area contributed by atoms with Crippen LogP contribution in [0.5, 0.6) is 0 Å². The molecule has 172 valence electrons. The van der Waals surface area contributed by atoms with E-state index in [2.05, 4.69) is 25.0 Å². The van der Waals surface area contributed by atoms with Gasteiger partial charge in [-0.05, 0) is 24.1 Å². The Bertz CT molecular complexity index is 1080. The second-order valence-corrected chi connectivity index (χ2v) is 10.8. The van der Waals surface area contributed by atoms with Crippen LogP contribution in [-0.2, 0) is 25.1 Å². The Hall–Kier alpha value is -2.53. The molecule has 2 unspecified atom stereocenters. The van der Waals surface area contributed by atoms with E-state index in [9.17, 15) is 14.1 Å². The van der Waals surface area contributed by atoms with Gasteiger partial charge in [-0.3, -0.25) is 9.63 Å². The Labute approximate surface area is 188 Å². The third-order valence-corrected chi connectivity index (χ3v) is 8.29. The SMILES string of the molecule is CN=S1(=O)CCN(c2ccc(-c3ccccc3C(O)(NC(C)=O)C3CCNO3)cn2)CC1. The molecule has 2 aliphatic rings. The van der Waals surface area contributed by atoms with Gasteiger partial charge in [-0.15, -0.1) is 0 Å². The number of nitrogens with zero attached hydrogens (tertiary/aromatic N) is 3. The number of pyridine rings is 1. The third-order valence-electron chi connectivity index (χ3n) is 5.98. The van der Waals surface area contributed by atoms with Crippen LogP contribution in [0.25, 0.3) is 11.1 Å². The number of hydrogen-bond acceptors (Lipinski definition) is 8. The van der Waals surface area contributed by atoms with Gasteiger partial charge in [0, 0.05) is 72.2 Å². The normalized spacial score (nSPS) is 22.2. The summed E-state index contributed by atoms with van der Waals surface area (Å²) in [5, 5.41) is 14.3. The van der Waals surface area contributed by atoms with Gasteiger partial charge in [0.1, 0.15) is 11.9 Å². The first-order valence-corrected chi connectivity index (χ1v) is 12.5. The molecule has 0 saturated carbocycles. The molecule has 2 aromatic rings. The summed E-state index contributed by atoms with van der Waals surface area (Å²) >= 11 is 0. The first kappa shape index (κ1) is 22.7. The highest BCUT2D eigenvalue weighted by molar-refractivity contribution is 7.93. The maximum Gasteiger partial charge on any atom is 0.219 e. The van der Waals surface area contributed by atoms with E-state index < -0.39 is 21.6 Å². The fraction of sp³-hybridized carbons (Fsp3) is 0.455. The molecule has 0 spiro atoms. The topological polar surface area (TPSA) is 116 Å². The molecular formula is C22H29N5O4S. The van der Waals surface area contributed by atoms with Crippen molar-refractivity contribution < 1.29 is 18.9 Å². The summed E-state index contributed by atoms with van der Waals surface area (Å²) in [5.41, 5.74) is 3.19. The summed E-state index contributed by atoms with van der Waals surface area (Å²) < 4.78 is 16.5. The lowest BCUT2D eigenvalue weighted by Crippen LogP contribution is -2.54. The summed E-state index contributed by atoms with van der Waals surface area (Å²) in [6, 6.07) is 11.2. The Morgan fingerprint density at radius 3 is 2.66 bits per heavy atom. The molecule has 0 radical (unpaired) electrons. The summed E-state index contributed by atoms with van der Waals surface area (Å²) in [6.07, 6.45) is 1.67. The summed E-state index contributed by atoms with van der Waals surface area (Å²) in [4.78, 5) is 24.2. The molecule has 3 heterocycles. The molecule has 0 aliphatic carbocycles. The van der Waals surface area contributed by atoms with E-state index in [0.29, 0.717) is 43.1 Å². The number of benzene rings is 1. The van der Waals surface area contributed by atoms with Crippen LogP contribution in [0, 0.1) is 0 Å². The van der Waals surface area contributed by atoms with Gasteiger partial charge in [0.2, 0.25) is 5.91 Å². The van der Waals surface area contributed by atoms with E-state index in [1.807, 2.05) is 30.3 Å². The predicted octanol–water partition coefficient (Wildman–Crippen LogP) is 1.24. The van der Waals surface area contributed by atoms with E-state index in [1.165, 1.54) is 6.92 Å². The number of hydroxylamine groups is 1. The van der Waals surface area contributed by atoms with Crippen LogP contribution in [-0.4, -0.2) is 64.5 Å². The minimum Gasteiger partial charge on any atom is -0.365 e. The number of aliphatic hydroxyl groups is 1. The van der Waals surface area contributed by atoms with E-state index in [0.717, 1.165) is 16.9 Å². The smallest absolute Gasteiger partial charge is 0.219 e. The maximum atomic E-state index is 12.4. The quantitative estimate of drug-likeness (QED) is 0.576. The number of aromatic nitrogens is 1. The predicted molar refractivity (Wildman–Crippen MR) is 123 cm³/mol. The zero-order valence-corrected chi connectivity index (χ0v) is 19.1. The first-order valence-electron chi connectivity index (χ1n) is 10.7. The van der Waals surface area contributed by atoms with Crippen LogP contribution in [0.3, 0.4) is 0 Å². The van der Waals surface area contributed by atoms with Gasteiger partial charge >= 0.3 is 0 Å². The lowest BCUT2D eigenvalue weighted by atomic mass is 9.88. The van der Waals surface area contributed by atoms with Crippen LogP contribution >= 0.6 is 0 Å². The van der Waals surface area contributed by atoms with Crippen molar-refractivity contribution in [2.24, 2.45) is 4.36 Å². The van der Waals surface area contributed by atoms with E-state index >= 15 is 0 Å². The third kappa shape index (κ3) is 4.49. The van der Waals surface area contributed by atoms with Gasteiger partial charge < -0.3 is 15.3 Å². The molecule has 1 aromatic heterocycles. The molecular weight excluding hydrogens is 430 g/mol. The molecule has 2 fully saturated rings. The van der Waals surface area contributed by atoms with Crippen LogP contribution in [0.2, 0.25) is 0 Å². The summed E-state index contributed by atoms with van der Waals surface area (Å²) in [5.74, 6) is 1.53. The standard InChI is InChI=1S/C22H29N5O4S/c1-16(28)26-22(29,20-9-10-25-31-20)19-6-4-3-5-18(19)17-7-8-21(24-15-17)27-11-13-32(30,23-2)14-12-27/h3-8,15,20,25,29H,9-14H2,1-2H3,(H,26,28). The van der Waals surface area contributed by atoms with Gasteiger partial charge in [0.25, 0.3) is 0 Å². The summed E-state index contributed by atoms with van der Waals surface area (Å²) in [7, 11) is -0.462. The first-order chi connectivity index (χ1) is 15.3. The average Bonchev–Trinajstić information content (AvgIpc) is 3.35. The molecule has 2 aliphatic heterocycles. The molecule has 2 atom stereocenters. The van der Waals surface area contributed by atoms with Crippen molar-refractivity contribution >= 4 is 21.5 Å². The van der Waals surface area contributed by atoms with Crippen molar-refractivity contribution in [3.63, 3.8) is 0 Å². The number of nitrogens with one attached hydrogen (secondary N) is 2. The van der Waals surface area contributed by atoms with Gasteiger partial charge in [0.15, 0.2) is 5.72 Å². The number of anilines is 1. The highest BCUT2D eigenvalue weighted by atomic mass is 32.2. The van der Waals surface area contributed by atoms with Crippen LogP contribution in [0.4, 0.5) is 5.82 Å². The Morgan fingerprint density at radius 2 is 2.06 bits per heavy atom. The van der Waals surface area contributed by atoms with Gasteiger partial charge in [-0.2, -0.15) is 0 Å². The molecule has 1 aromatic carbocycles. The second-order valence-electron chi connectivity index (χ2n) is 8.04. The van der Waals surface area contributed by atoms with Crippen molar-refractivity contribution in [3.8, 4) is 11.1 Å². The van der Waals surface area contributed by atoms with Crippen molar-refractivity contribution in [3.05, 3.63) is 48.2 Å². The van der Waals surface area contributed by atoms with Crippen LogP contribution in [0.15, 0.2) is 47.0 Å². The van der Waals surface area contributed by atoms with E-state index in [1.54, 1.807) is 19.3 Å². The highest BCUT2D eigenvalue weighted by Crippen LogP contribution is 2.35. The lowest BCUT2D eigenvalue weighted by Gasteiger charge is -2.35. The van der Waals surface area contributed by atoms with Crippen molar-refractivity contribution in [1.29, 1.82) is 0 Å². The fourth-order valence-corrected chi connectivity index (χ4v) is 5.80. The number of carbonyl (C=O) groups excluding carboxylic acids is 1. The van der Waals surface area contributed by atoms with Crippen molar-refractivity contribution in [1.82, 2.24) is 15.8 Å². The minimum atomic E-state index is -2.08. The molecule has 4 rings (SSSR count). The van der Waals surface area contributed by atoms with E-state index in [-0.39, 0.29) is 5.91 Å². The Balaban J connectivity index is 1.64. The van der Waals surface area contributed by atoms with Crippen LogP contribution in [0.1, 0.15) is 18.9 Å². The number of hydrogen-bond donors (Lipinski definition) is 3. The van der Waals surface area contributed by atoms with Gasteiger partial charge in [0.05, 0.1) is 0 Å². The molecule has 0 bridgehead atoms. The minimum absolute atomic E-state index is 0.355. The molecule has 10 heteroatoms. The largest absolute Gasteiger partial charge is 0.365 e. The molecule has 1 amide bonds. The fourth-order valence-electron chi connectivity index (χ4n) is 4.22. The lowest BCUT2D eigenvalue weighted by molar-refractivity contribution is -0.152. The average molecular weight is 460 g/mol. The van der Waals surface area contributed by atoms with Crippen molar-refractivity contribution in [2.75, 3.05) is 43.1 Å².